The quantitative estimate of drug-likeness (QED) is 0.382. The highest BCUT2D eigenvalue weighted by Crippen LogP contribution is 2.26. The Kier molecular flexibility index (Phi) is 7.81. The number of carbonyl (C=O) groups excluding carboxylic acids is 2. The van der Waals surface area contributed by atoms with Crippen LogP contribution in [-0.2, 0) is 11.4 Å². The van der Waals surface area contributed by atoms with E-state index >= 15 is 0 Å². The van der Waals surface area contributed by atoms with Crippen LogP contribution in [-0.4, -0.2) is 41.1 Å². The molecule has 3 aromatic carbocycles. The molecule has 0 radical (unpaired) electrons. The van der Waals surface area contributed by atoms with Gasteiger partial charge in [-0.15, -0.1) is 0 Å². The Bertz CT molecular complexity index is 1120. The Morgan fingerprint density at radius 3 is 2.03 bits per heavy atom. The van der Waals surface area contributed by atoms with E-state index in [0.717, 1.165) is 17.3 Å². The van der Waals surface area contributed by atoms with Crippen molar-refractivity contribution in [2.45, 2.75) is 46.3 Å². The summed E-state index contributed by atoms with van der Waals surface area (Å²) in [5, 5.41) is 12.0. The molecule has 0 saturated heterocycles. The molecule has 0 spiro atoms. The zero-order chi connectivity index (χ0) is 24.1. The van der Waals surface area contributed by atoms with E-state index in [-0.39, 0.29) is 11.5 Å². The highest BCUT2D eigenvalue weighted by Gasteiger charge is 2.19. The number of carbonyl (C=O) groups is 2. The number of hydroxylamine groups is 2. The lowest BCUT2D eigenvalue weighted by Crippen LogP contribution is -2.36. The molecule has 0 fully saturated rings. The van der Waals surface area contributed by atoms with Crippen molar-refractivity contribution in [3.8, 4) is 0 Å². The number of fused-ring (bicyclic) bond motifs is 1. The number of amides is 2. The second kappa shape index (κ2) is 10.6. The Balaban J connectivity index is 1.84. The lowest BCUT2D eigenvalue weighted by atomic mass is 10.0. The van der Waals surface area contributed by atoms with Crippen molar-refractivity contribution in [3.05, 3.63) is 77.4 Å². The second-order valence-corrected chi connectivity index (χ2v) is 8.53. The Morgan fingerprint density at radius 1 is 0.879 bits per heavy atom. The van der Waals surface area contributed by atoms with Gasteiger partial charge < -0.3 is 0 Å². The summed E-state index contributed by atoms with van der Waals surface area (Å²) in [6.45, 7) is 9.70. The molecule has 0 heterocycles. The minimum absolute atomic E-state index is 0.244. The van der Waals surface area contributed by atoms with Gasteiger partial charge in [0.2, 0.25) is 0 Å². The number of benzene rings is 3. The molecule has 0 bridgehead atoms. The van der Waals surface area contributed by atoms with E-state index in [9.17, 15) is 9.59 Å². The van der Waals surface area contributed by atoms with Crippen LogP contribution in [0.4, 0.5) is 5.69 Å². The number of hydrogen-bond donors (Lipinski definition) is 2. The van der Waals surface area contributed by atoms with Gasteiger partial charge >= 0.3 is 0 Å². The van der Waals surface area contributed by atoms with Gasteiger partial charge in [0.15, 0.2) is 0 Å². The maximum Gasteiger partial charge on any atom is 0.282 e. The first-order chi connectivity index (χ1) is 15.7. The fourth-order valence-corrected chi connectivity index (χ4v) is 3.93. The summed E-state index contributed by atoms with van der Waals surface area (Å²) in [4.78, 5) is 32.3. The van der Waals surface area contributed by atoms with Crippen LogP contribution in [0.3, 0.4) is 0 Å². The van der Waals surface area contributed by atoms with Crippen molar-refractivity contribution in [2.24, 2.45) is 0 Å². The molecule has 0 unspecified atom stereocenters. The summed E-state index contributed by atoms with van der Waals surface area (Å²) in [6.07, 6.45) is 0. The smallest absolute Gasteiger partial charge is 0.282 e. The molecule has 7 nitrogen and oxygen atoms in total. The van der Waals surface area contributed by atoms with Crippen LogP contribution in [0.5, 0.6) is 0 Å². The number of hydrogen-bond acceptors (Lipinski definition) is 5. The fourth-order valence-electron chi connectivity index (χ4n) is 3.93. The lowest BCUT2D eigenvalue weighted by molar-refractivity contribution is 0.0705. The molecular weight excluding hydrogens is 418 g/mol. The topological polar surface area (TPSA) is 82.1 Å². The highest BCUT2D eigenvalue weighted by molar-refractivity contribution is 6.06. The monoisotopic (exact) mass is 449 g/mol. The third kappa shape index (κ3) is 5.57. The zero-order valence-corrected chi connectivity index (χ0v) is 19.7. The van der Waals surface area contributed by atoms with E-state index in [0.29, 0.717) is 23.3 Å². The van der Waals surface area contributed by atoms with Crippen LogP contribution in [0, 0.1) is 0 Å². The fraction of sp³-hybridized carbons (Fsp3) is 0.308. The van der Waals surface area contributed by atoms with Gasteiger partial charge in [-0.05, 0) is 86.5 Å². The third-order valence-electron chi connectivity index (χ3n) is 5.68. The summed E-state index contributed by atoms with van der Waals surface area (Å²) in [5.74, 6) is -1.01. The molecule has 7 heteroatoms. The summed E-state index contributed by atoms with van der Waals surface area (Å²) in [6, 6.07) is 19.0. The average Bonchev–Trinajstić information content (AvgIpc) is 2.82. The molecule has 3 rings (SSSR count). The van der Waals surface area contributed by atoms with E-state index in [1.165, 1.54) is 42.0 Å². The molecular formula is C26H31N3O4. The van der Waals surface area contributed by atoms with Gasteiger partial charge in [0.25, 0.3) is 11.8 Å². The zero-order valence-electron chi connectivity index (χ0n) is 19.7. The second-order valence-electron chi connectivity index (χ2n) is 8.53. The van der Waals surface area contributed by atoms with Crippen LogP contribution >= 0.6 is 0 Å². The minimum Gasteiger partial charge on any atom is -0.294 e. The maximum absolute atomic E-state index is 13.0. The van der Waals surface area contributed by atoms with Crippen molar-refractivity contribution < 1.29 is 19.6 Å². The van der Waals surface area contributed by atoms with Gasteiger partial charge in [0.1, 0.15) is 0 Å². The van der Waals surface area contributed by atoms with E-state index in [1.807, 2.05) is 18.2 Å². The van der Waals surface area contributed by atoms with Gasteiger partial charge in [-0.1, -0.05) is 18.2 Å². The average molecular weight is 450 g/mol. The van der Waals surface area contributed by atoms with Crippen molar-refractivity contribution in [3.63, 3.8) is 0 Å². The first kappa shape index (κ1) is 24.4. The van der Waals surface area contributed by atoms with Crippen molar-refractivity contribution >= 4 is 28.3 Å². The Morgan fingerprint density at radius 2 is 1.45 bits per heavy atom. The maximum atomic E-state index is 13.0. The summed E-state index contributed by atoms with van der Waals surface area (Å²) in [5.41, 5.74) is 4.01. The highest BCUT2D eigenvalue weighted by atomic mass is 16.7. The molecule has 2 amide bonds. The predicted octanol–water partition coefficient (Wildman–Crippen LogP) is 4.79. The summed E-state index contributed by atoms with van der Waals surface area (Å²) < 4.78 is 0. The van der Waals surface area contributed by atoms with Crippen LogP contribution in [0.2, 0.25) is 0 Å². The molecule has 0 aliphatic rings. The van der Waals surface area contributed by atoms with Crippen LogP contribution < -0.4 is 10.5 Å². The van der Waals surface area contributed by atoms with E-state index in [4.69, 9.17) is 10.0 Å². The molecule has 0 aliphatic carbocycles. The number of nitrogens with one attached hydrogen (secondary N) is 1. The minimum atomic E-state index is -0.642. The molecule has 3 aromatic rings. The number of anilines is 1. The molecule has 174 valence electrons. The normalized spacial score (nSPS) is 11.4. The largest absolute Gasteiger partial charge is 0.294 e. The number of nitrogens with zero attached hydrogens (tertiary/aromatic N) is 2. The molecule has 0 aliphatic heterocycles. The first-order valence-corrected chi connectivity index (χ1v) is 11.0. The van der Waals surface area contributed by atoms with Crippen LogP contribution in [0.1, 0.15) is 54.0 Å². The Labute approximate surface area is 194 Å². The Hall–Kier alpha value is -3.26. The van der Waals surface area contributed by atoms with Gasteiger partial charge in [-0.3, -0.25) is 24.5 Å². The van der Waals surface area contributed by atoms with E-state index in [1.54, 1.807) is 5.48 Å². The van der Waals surface area contributed by atoms with E-state index in [2.05, 4.69) is 50.8 Å². The van der Waals surface area contributed by atoms with Crippen LogP contribution in [0.15, 0.2) is 60.7 Å². The van der Waals surface area contributed by atoms with Gasteiger partial charge in [0.05, 0.1) is 12.8 Å². The van der Waals surface area contributed by atoms with Crippen molar-refractivity contribution in [1.29, 1.82) is 0 Å². The van der Waals surface area contributed by atoms with E-state index < -0.39 is 5.91 Å². The molecule has 33 heavy (non-hydrogen) atoms. The number of rotatable bonds is 8. The lowest BCUT2D eigenvalue weighted by Gasteiger charge is -2.30. The molecule has 0 atom stereocenters. The standard InChI is InChI=1S/C26H31N3O4/c1-17(2)28(18(3)4)16-19-6-7-23-15-24(13-12-22(23)14-19)29(33-5)26(31)21-10-8-20(9-11-21)25(30)27-32/h6-15,17-18,32H,16H2,1-5H3,(H,27,30). The first-order valence-electron chi connectivity index (χ1n) is 11.0. The van der Waals surface area contributed by atoms with Crippen molar-refractivity contribution in [1.82, 2.24) is 10.4 Å². The van der Waals surface area contributed by atoms with Gasteiger partial charge in [-0.2, -0.15) is 5.06 Å². The molecule has 0 saturated carbocycles. The molecule has 0 aromatic heterocycles. The van der Waals surface area contributed by atoms with Crippen LogP contribution in [0.25, 0.3) is 10.8 Å². The summed E-state index contributed by atoms with van der Waals surface area (Å²) in [7, 11) is 1.44. The third-order valence-corrected chi connectivity index (χ3v) is 5.68. The van der Waals surface area contributed by atoms with Crippen molar-refractivity contribution in [2.75, 3.05) is 12.2 Å². The molecule has 2 N–H and O–H groups in total. The SMILES string of the molecule is CON(C(=O)c1ccc(C(=O)NO)cc1)c1ccc2cc(CN(C(C)C)C(C)C)ccc2c1. The van der Waals surface area contributed by atoms with Gasteiger partial charge in [0, 0.05) is 29.8 Å². The summed E-state index contributed by atoms with van der Waals surface area (Å²) >= 11 is 0. The van der Waals surface area contributed by atoms with Gasteiger partial charge in [-0.25, -0.2) is 5.48 Å². The predicted molar refractivity (Wildman–Crippen MR) is 129 cm³/mol.